The van der Waals surface area contributed by atoms with Crippen molar-refractivity contribution in [3.63, 3.8) is 0 Å². The Morgan fingerprint density at radius 3 is 2.89 bits per heavy atom. The molecule has 0 spiro atoms. The fourth-order valence-electron chi connectivity index (χ4n) is 2.21. The molecule has 0 saturated carbocycles. The first-order valence-corrected chi connectivity index (χ1v) is 6.41. The summed E-state index contributed by atoms with van der Waals surface area (Å²) in [5.74, 6) is -0.137. The third kappa shape index (κ3) is 3.30. The van der Waals surface area contributed by atoms with E-state index in [0.29, 0.717) is 6.54 Å². The number of likely N-dealkylation sites (tertiary alicyclic amines) is 1. The van der Waals surface area contributed by atoms with Crippen LogP contribution in [0.4, 0.5) is 0 Å². The van der Waals surface area contributed by atoms with Crippen LogP contribution in [0.1, 0.15) is 24.4 Å². The maximum Gasteiger partial charge on any atom is 0.241 e. The number of nitrogens with one attached hydrogen (secondary N) is 1. The van der Waals surface area contributed by atoms with Crippen molar-refractivity contribution in [1.29, 1.82) is 0 Å². The van der Waals surface area contributed by atoms with Crippen LogP contribution in [-0.4, -0.2) is 46.8 Å². The molecular formula is C12H21N5O. The van der Waals surface area contributed by atoms with E-state index >= 15 is 0 Å². The molecule has 0 radical (unpaired) electrons. The molecule has 0 aromatic carbocycles. The van der Waals surface area contributed by atoms with Gasteiger partial charge in [0.1, 0.15) is 6.04 Å². The van der Waals surface area contributed by atoms with Gasteiger partial charge in [0.05, 0.1) is 6.20 Å². The monoisotopic (exact) mass is 251 g/mol. The highest BCUT2D eigenvalue weighted by Gasteiger charge is 2.17. The minimum atomic E-state index is -0.628. The molecule has 1 aromatic rings. The van der Waals surface area contributed by atoms with Gasteiger partial charge in [-0.25, -0.2) is 0 Å². The zero-order chi connectivity index (χ0) is 13.0. The Bertz CT molecular complexity index is 397. The van der Waals surface area contributed by atoms with Crippen LogP contribution in [0.25, 0.3) is 0 Å². The number of carbonyl (C=O) groups excluding carboxylic acids is 1. The third-order valence-corrected chi connectivity index (χ3v) is 3.29. The first kappa shape index (κ1) is 13.0. The van der Waals surface area contributed by atoms with Gasteiger partial charge in [-0.2, -0.15) is 5.10 Å². The molecule has 6 nitrogen and oxygen atoms in total. The van der Waals surface area contributed by atoms with Crippen LogP contribution >= 0.6 is 0 Å². The van der Waals surface area contributed by atoms with Crippen LogP contribution in [0, 0.1) is 0 Å². The van der Waals surface area contributed by atoms with Gasteiger partial charge in [-0.05, 0) is 25.9 Å². The van der Waals surface area contributed by atoms with Crippen molar-refractivity contribution in [1.82, 2.24) is 20.0 Å². The number of carbonyl (C=O) groups is 1. The molecule has 2 heterocycles. The molecule has 0 aliphatic carbocycles. The maximum absolute atomic E-state index is 11.8. The van der Waals surface area contributed by atoms with E-state index in [9.17, 15) is 4.79 Å². The number of amides is 1. The molecule has 1 amide bonds. The third-order valence-electron chi connectivity index (χ3n) is 3.29. The first-order valence-electron chi connectivity index (χ1n) is 6.41. The number of aryl methyl sites for hydroxylation is 1. The summed E-state index contributed by atoms with van der Waals surface area (Å²) in [7, 11) is 1.81. The van der Waals surface area contributed by atoms with Crippen LogP contribution in [0.15, 0.2) is 12.4 Å². The number of nitrogens with zero attached hydrogens (tertiary/aromatic N) is 3. The maximum atomic E-state index is 11.8. The molecular weight excluding hydrogens is 230 g/mol. The molecule has 3 N–H and O–H groups in total. The van der Waals surface area contributed by atoms with Crippen LogP contribution in [-0.2, 0) is 11.8 Å². The van der Waals surface area contributed by atoms with Gasteiger partial charge in [-0.1, -0.05) is 0 Å². The van der Waals surface area contributed by atoms with Crippen LogP contribution in [0.5, 0.6) is 0 Å². The summed E-state index contributed by atoms with van der Waals surface area (Å²) in [6, 6.07) is -0.628. The van der Waals surface area contributed by atoms with Gasteiger partial charge in [0.15, 0.2) is 0 Å². The lowest BCUT2D eigenvalue weighted by Crippen LogP contribution is -2.38. The molecule has 1 aliphatic rings. The minimum Gasteiger partial charge on any atom is -0.353 e. The lowest BCUT2D eigenvalue weighted by molar-refractivity contribution is -0.122. The molecule has 1 saturated heterocycles. The second kappa shape index (κ2) is 5.97. The Hall–Kier alpha value is -1.40. The SMILES string of the molecule is Cn1cc(C(N)C(=O)NCCN2CCCC2)cn1. The lowest BCUT2D eigenvalue weighted by Gasteiger charge is -2.16. The Labute approximate surface area is 107 Å². The van der Waals surface area contributed by atoms with Crippen molar-refractivity contribution < 1.29 is 4.79 Å². The van der Waals surface area contributed by atoms with E-state index in [1.54, 1.807) is 17.1 Å². The highest BCUT2D eigenvalue weighted by atomic mass is 16.2. The Kier molecular flexibility index (Phi) is 4.33. The van der Waals surface area contributed by atoms with E-state index in [0.717, 1.165) is 25.2 Å². The van der Waals surface area contributed by atoms with E-state index in [-0.39, 0.29) is 5.91 Å². The molecule has 1 aromatic heterocycles. The van der Waals surface area contributed by atoms with Crippen molar-refractivity contribution in [2.24, 2.45) is 12.8 Å². The van der Waals surface area contributed by atoms with Crippen molar-refractivity contribution in [3.8, 4) is 0 Å². The molecule has 6 heteroatoms. The van der Waals surface area contributed by atoms with E-state index < -0.39 is 6.04 Å². The summed E-state index contributed by atoms with van der Waals surface area (Å²) in [6.07, 6.45) is 5.93. The molecule has 0 bridgehead atoms. The van der Waals surface area contributed by atoms with Crippen molar-refractivity contribution in [2.75, 3.05) is 26.2 Å². The fraction of sp³-hybridized carbons (Fsp3) is 0.667. The van der Waals surface area contributed by atoms with Gasteiger partial charge in [0.25, 0.3) is 0 Å². The molecule has 2 rings (SSSR count). The molecule has 1 unspecified atom stereocenters. The highest BCUT2D eigenvalue weighted by Crippen LogP contribution is 2.08. The number of aromatic nitrogens is 2. The minimum absolute atomic E-state index is 0.137. The van der Waals surface area contributed by atoms with Gasteiger partial charge in [-0.15, -0.1) is 0 Å². The summed E-state index contributed by atoms with van der Waals surface area (Å²) >= 11 is 0. The average molecular weight is 251 g/mol. The number of hydrogen-bond acceptors (Lipinski definition) is 4. The van der Waals surface area contributed by atoms with E-state index in [2.05, 4.69) is 15.3 Å². The zero-order valence-electron chi connectivity index (χ0n) is 10.8. The Balaban J connectivity index is 1.73. The van der Waals surface area contributed by atoms with Crippen molar-refractivity contribution in [2.45, 2.75) is 18.9 Å². The predicted octanol–water partition coefficient (Wildman–Crippen LogP) is -0.368. The first-order chi connectivity index (χ1) is 8.66. The van der Waals surface area contributed by atoms with Crippen LogP contribution in [0.2, 0.25) is 0 Å². The number of nitrogens with two attached hydrogens (primary N) is 1. The molecule has 1 aliphatic heterocycles. The highest BCUT2D eigenvalue weighted by molar-refractivity contribution is 5.82. The second-order valence-electron chi connectivity index (χ2n) is 4.76. The lowest BCUT2D eigenvalue weighted by atomic mass is 10.1. The van der Waals surface area contributed by atoms with Crippen LogP contribution in [0.3, 0.4) is 0 Å². The Morgan fingerprint density at radius 1 is 1.56 bits per heavy atom. The standard InChI is InChI=1S/C12H21N5O/c1-16-9-10(8-15-16)11(13)12(18)14-4-7-17-5-2-3-6-17/h8-9,11H,2-7,13H2,1H3,(H,14,18). The number of hydrogen-bond donors (Lipinski definition) is 2. The van der Waals surface area contributed by atoms with Gasteiger partial charge >= 0.3 is 0 Å². The summed E-state index contributed by atoms with van der Waals surface area (Å²) in [5, 5.41) is 6.89. The molecule has 100 valence electrons. The predicted molar refractivity (Wildman–Crippen MR) is 68.8 cm³/mol. The van der Waals surface area contributed by atoms with Gasteiger partial charge in [0, 0.05) is 31.9 Å². The number of rotatable bonds is 5. The largest absolute Gasteiger partial charge is 0.353 e. The quantitative estimate of drug-likeness (QED) is 0.749. The zero-order valence-corrected chi connectivity index (χ0v) is 10.8. The topological polar surface area (TPSA) is 76.2 Å². The summed E-state index contributed by atoms with van der Waals surface area (Å²) in [5.41, 5.74) is 6.61. The van der Waals surface area contributed by atoms with Crippen molar-refractivity contribution in [3.05, 3.63) is 18.0 Å². The summed E-state index contributed by atoms with van der Waals surface area (Å²) < 4.78 is 1.65. The van der Waals surface area contributed by atoms with Crippen LogP contribution < -0.4 is 11.1 Å². The second-order valence-corrected chi connectivity index (χ2v) is 4.76. The fourth-order valence-corrected chi connectivity index (χ4v) is 2.21. The molecule has 1 fully saturated rings. The normalized spacial score (nSPS) is 17.9. The smallest absolute Gasteiger partial charge is 0.241 e. The van der Waals surface area contributed by atoms with E-state index in [4.69, 9.17) is 5.73 Å². The van der Waals surface area contributed by atoms with Gasteiger partial charge in [-0.3, -0.25) is 9.48 Å². The van der Waals surface area contributed by atoms with Gasteiger partial charge < -0.3 is 16.0 Å². The molecule has 1 atom stereocenters. The Morgan fingerprint density at radius 2 is 2.28 bits per heavy atom. The van der Waals surface area contributed by atoms with E-state index in [1.807, 2.05) is 7.05 Å². The summed E-state index contributed by atoms with van der Waals surface area (Å²) in [6.45, 7) is 3.85. The van der Waals surface area contributed by atoms with Crippen molar-refractivity contribution >= 4 is 5.91 Å². The average Bonchev–Trinajstić information content (AvgIpc) is 2.99. The molecule has 18 heavy (non-hydrogen) atoms. The summed E-state index contributed by atoms with van der Waals surface area (Å²) in [4.78, 5) is 14.2. The van der Waals surface area contributed by atoms with E-state index in [1.165, 1.54) is 12.8 Å². The van der Waals surface area contributed by atoms with Gasteiger partial charge in [0.2, 0.25) is 5.91 Å².